The highest BCUT2D eigenvalue weighted by atomic mass is 32.1. The molecule has 0 bridgehead atoms. The fourth-order valence-corrected chi connectivity index (χ4v) is 3.87. The summed E-state index contributed by atoms with van der Waals surface area (Å²) < 4.78 is 7.22. The van der Waals surface area contributed by atoms with E-state index < -0.39 is 0 Å². The minimum Gasteiger partial charge on any atom is -0.462 e. The van der Waals surface area contributed by atoms with Crippen molar-refractivity contribution in [1.29, 1.82) is 0 Å². The van der Waals surface area contributed by atoms with Crippen molar-refractivity contribution < 1.29 is 14.7 Å². The zero-order chi connectivity index (χ0) is 18.8. The first-order chi connectivity index (χ1) is 12.5. The fraction of sp³-hybridized carbons (Fsp3) is 0.316. The van der Waals surface area contributed by atoms with Gasteiger partial charge in [0.15, 0.2) is 0 Å². The molecule has 2 heterocycles. The quantitative estimate of drug-likeness (QED) is 0.307. The molecule has 0 amide bonds. The number of carbonyl (C=O) groups excluding carboxylic acids is 1. The summed E-state index contributed by atoms with van der Waals surface area (Å²) in [4.78, 5) is 17.1. The van der Waals surface area contributed by atoms with Crippen molar-refractivity contribution in [3.63, 3.8) is 0 Å². The standard InChI is InChI=1S/C19H21N3O3S/c1-5-25-19(23)17-12(4)21-18(26-17)13-6-7-16-15(8-13)14(9-20-24)10-22(16)11(2)3/h6-11,24H,5H2,1-4H3. The number of hydrogen-bond acceptors (Lipinski definition) is 6. The highest BCUT2D eigenvalue weighted by molar-refractivity contribution is 7.17. The third-order valence-electron chi connectivity index (χ3n) is 4.12. The molecule has 0 unspecified atom stereocenters. The molecule has 0 atom stereocenters. The van der Waals surface area contributed by atoms with Gasteiger partial charge in [0, 0.05) is 34.3 Å². The average molecular weight is 371 g/mol. The Morgan fingerprint density at radius 3 is 2.88 bits per heavy atom. The maximum Gasteiger partial charge on any atom is 0.350 e. The van der Waals surface area contributed by atoms with Gasteiger partial charge in [0.1, 0.15) is 9.88 Å². The molecule has 7 heteroatoms. The third kappa shape index (κ3) is 3.22. The molecule has 3 rings (SSSR count). The van der Waals surface area contributed by atoms with Gasteiger partial charge in [0.25, 0.3) is 0 Å². The van der Waals surface area contributed by atoms with Gasteiger partial charge in [-0.1, -0.05) is 5.16 Å². The van der Waals surface area contributed by atoms with E-state index in [4.69, 9.17) is 9.94 Å². The van der Waals surface area contributed by atoms with Crippen LogP contribution in [0.4, 0.5) is 0 Å². The van der Waals surface area contributed by atoms with Gasteiger partial charge in [-0.3, -0.25) is 0 Å². The van der Waals surface area contributed by atoms with Crippen molar-refractivity contribution in [2.75, 3.05) is 6.61 Å². The number of fused-ring (bicyclic) bond motifs is 1. The summed E-state index contributed by atoms with van der Waals surface area (Å²) in [6.45, 7) is 8.13. The molecule has 136 valence electrons. The van der Waals surface area contributed by atoms with Gasteiger partial charge in [-0.05, 0) is 45.9 Å². The molecule has 0 radical (unpaired) electrons. The van der Waals surface area contributed by atoms with E-state index in [1.54, 1.807) is 6.92 Å². The summed E-state index contributed by atoms with van der Waals surface area (Å²) in [5.41, 5.74) is 3.46. The number of rotatable bonds is 5. The van der Waals surface area contributed by atoms with Crippen LogP contribution < -0.4 is 0 Å². The number of hydrogen-bond donors (Lipinski definition) is 1. The minimum absolute atomic E-state index is 0.279. The molecule has 0 fully saturated rings. The van der Waals surface area contributed by atoms with Crippen LogP contribution in [0.3, 0.4) is 0 Å². The lowest BCUT2D eigenvalue weighted by atomic mass is 10.1. The topological polar surface area (TPSA) is 76.7 Å². The van der Waals surface area contributed by atoms with E-state index in [2.05, 4.69) is 28.6 Å². The fourth-order valence-electron chi connectivity index (χ4n) is 2.91. The molecular formula is C19H21N3O3S. The molecule has 0 aliphatic carbocycles. The molecule has 1 N–H and O–H groups in total. The Bertz CT molecular complexity index is 985. The van der Waals surface area contributed by atoms with Gasteiger partial charge < -0.3 is 14.5 Å². The molecule has 2 aromatic heterocycles. The van der Waals surface area contributed by atoms with Crippen LogP contribution in [-0.2, 0) is 4.74 Å². The monoisotopic (exact) mass is 371 g/mol. The van der Waals surface area contributed by atoms with E-state index in [-0.39, 0.29) is 12.0 Å². The lowest BCUT2D eigenvalue weighted by Crippen LogP contribution is -2.03. The minimum atomic E-state index is -0.339. The maximum absolute atomic E-state index is 12.0. The SMILES string of the molecule is CCOC(=O)c1sc(-c2ccc3c(c2)c(C=NO)cn3C(C)C)nc1C. The Kier molecular flexibility index (Phi) is 5.08. The molecule has 0 saturated carbocycles. The van der Waals surface area contributed by atoms with Crippen LogP contribution in [0, 0.1) is 6.92 Å². The number of esters is 1. The zero-order valence-corrected chi connectivity index (χ0v) is 16.0. The summed E-state index contributed by atoms with van der Waals surface area (Å²) in [7, 11) is 0. The van der Waals surface area contributed by atoms with Crippen molar-refractivity contribution in [2.24, 2.45) is 5.16 Å². The van der Waals surface area contributed by atoms with Gasteiger partial charge in [-0.2, -0.15) is 0 Å². The van der Waals surface area contributed by atoms with E-state index >= 15 is 0 Å². The summed E-state index contributed by atoms with van der Waals surface area (Å²) in [5.74, 6) is -0.339. The lowest BCUT2D eigenvalue weighted by Gasteiger charge is -2.09. The Morgan fingerprint density at radius 2 is 2.23 bits per heavy atom. The predicted octanol–water partition coefficient (Wildman–Crippen LogP) is 4.64. The van der Waals surface area contributed by atoms with E-state index in [9.17, 15) is 4.79 Å². The van der Waals surface area contributed by atoms with Gasteiger partial charge >= 0.3 is 5.97 Å². The second-order valence-corrected chi connectivity index (χ2v) is 7.22. The van der Waals surface area contributed by atoms with Gasteiger partial charge in [0.05, 0.1) is 18.5 Å². The predicted molar refractivity (Wildman–Crippen MR) is 104 cm³/mol. The molecule has 0 aliphatic heterocycles. The Balaban J connectivity index is 2.11. The van der Waals surface area contributed by atoms with Gasteiger partial charge in [-0.25, -0.2) is 9.78 Å². The first-order valence-electron chi connectivity index (χ1n) is 8.43. The second kappa shape index (κ2) is 7.29. The zero-order valence-electron chi connectivity index (χ0n) is 15.2. The number of aromatic nitrogens is 2. The summed E-state index contributed by atoms with van der Waals surface area (Å²) >= 11 is 1.33. The van der Waals surface area contributed by atoms with E-state index in [0.29, 0.717) is 17.2 Å². The molecule has 0 aliphatic rings. The number of carbonyl (C=O) groups is 1. The molecule has 0 saturated heterocycles. The number of nitrogens with zero attached hydrogens (tertiary/aromatic N) is 3. The molecule has 6 nitrogen and oxygen atoms in total. The molecule has 3 aromatic rings. The number of aryl methyl sites for hydroxylation is 1. The molecule has 26 heavy (non-hydrogen) atoms. The number of thiazole rings is 1. The average Bonchev–Trinajstić information content (AvgIpc) is 3.16. The van der Waals surface area contributed by atoms with Crippen LogP contribution in [-0.4, -0.2) is 33.5 Å². The number of oxime groups is 1. The van der Waals surface area contributed by atoms with Crippen molar-refractivity contribution in [2.45, 2.75) is 33.7 Å². The van der Waals surface area contributed by atoms with Crippen molar-refractivity contribution >= 4 is 34.4 Å². The van der Waals surface area contributed by atoms with E-state index in [1.807, 2.05) is 31.3 Å². The van der Waals surface area contributed by atoms with Crippen LogP contribution in [0.2, 0.25) is 0 Å². The summed E-state index contributed by atoms with van der Waals surface area (Å²) in [5, 5.41) is 13.9. The molecular weight excluding hydrogens is 350 g/mol. The van der Waals surface area contributed by atoms with Crippen molar-refractivity contribution in [1.82, 2.24) is 9.55 Å². The lowest BCUT2D eigenvalue weighted by molar-refractivity contribution is 0.0531. The largest absolute Gasteiger partial charge is 0.462 e. The van der Waals surface area contributed by atoms with Gasteiger partial charge in [0.2, 0.25) is 0 Å². The smallest absolute Gasteiger partial charge is 0.350 e. The van der Waals surface area contributed by atoms with Crippen molar-refractivity contribution in [3.8, 4) is 10.6 Å². The number of ether oxygens (including phenoxy) is 1. The van der Waals surface area contributed by atoms with E-state index in [0.717, 1.165) is 27.0 Å². The van der Waals surface area contributed by atoms with E-state index in [1.165, 1.54) is 17.6 Å². The summed E-state index contributed by atoms with van der Waals surface area (Å²) in [6, 6.07) is 6.31. The van der Waals surface area contributed by atoms with Crippen LogP contribution in [0.1, 0.15) is 47.7 Å². The van der Waals surface area contributed by atoms with Crippen LogP contribution >= 0.6 is 11.3 Å². The first kappa shape index (κ1) is 18.1. The van der Waals surface area contributed by atoms with Gasteiger partial charge in [-0.15, -0.1) is 11.3 Å². The number of benzene rings is 1. The third-order valence-corrected chi connectivity index (χ3v) is 5.31. The van der Waals surface area contributed by atoms with Crippen LogP contribution in [0.25, 0.3) is 21.5 Å². The molecule has 0 spiro atoms. The first-order valence-corrected chi connectivity index (χ1v) is 9.24. The Hall–Kier alpha value is -2.67. The van der Waals surface area contributed by atoms with Crippen LogP contribution in [0.15, 0.2) is 29.6 Å². The highest BCUT2D eigenvalue weighted by Gasteiger charge is 2.18. The maximum atomic E-state index is 12.0. The second-order valence-electron chi connectivity index (χ2n) is 6.22. The Labute approximate surface area is 155 Å². The van der Waals surface area contributed by atoms with Crippen LogP contribution in [0.5, 0.6) is 0 Å². The summed E-state index contributed by atoms with van der Waals surface area (Å²) in [6.07, 6.45) is 3.40. The molecule has 1 aromatic carbocycles. The van der Waals surface area contributed by atoms with Crippen molar-refractivity contribution in [3.05, 3.63) is 40.5 Å². The highest BCUT2D eigenvalue weighted by Crippen LogP contribution is 2.33. The normalized spacial score (nSPS) is 11.7. The Morgan fingerprint density at radius 1 is 1.46 bits per heavy atom.